The molecule has 0 radical (unpaired) electrons. The maximum absolute atomic E-state index is 5.27. The Hall–Kier alpha value is -1.02. The van der Waals surface area contributed by atoms with Gasteiger partial charge in [0, 0.05) is 0 Å². The van der Waals surface area contributed by atoms with E-state index in [9.17, 15) is 0 Å². The molecule has 0 saturated carbocycles. The Bertz CT molecular complexity index is 336. The van der Waals surface area contributed by atoms with Crippen LogP contribution in [0.2, 0.25) is 0 Å². The van der Waals surface area contributed by atoms with E-state index in [-0.39, 0.29) is 0 Å². The number of benzene rings is 1. The van der Waals surface area contributed by atoms with Crippen molar-refractivity contribution in [2.24, 2.45) is 11.8 Å². The highest BCUT2D eigenvalue weighted by atomic mass is 16.5. The normalized spacial score (nSPS) is 12.7. The minimum absolute atomic E-state index is 0.704. The highest BCUT2D eigenvalue weighted by Gasteiger charge is 2.08. The Morgan fingerprint density at radius 2 is 2.00 bits per heavy atom. The summed E-state index contributed by atoms with van der Waals surface area (Å²) in [6.07, 6.45) is 2.33. The summed E-state index contributed by atoms with van der Waals surface area (Å²) in [6.45, 7) is 8.97. The van der Waals surface area contributed by atoms with Crippen LogP contribution in [-0.2, 0) is 6.42 Å². The number of hydrogen-bond acceptors (Lipinski definition) is 2. The van der Waals surface area contributed by atoms with Crippen molar-refractivity contribution in [1.29, 1.82) is 0 Å². The van der Waals surface area contributed by atoms with Gasteiger partial charge in [-0.2, -0.15) is 0 Å². The molecule has 0 bridgehead atoms. The van der Waals surface area contributed by atoms with Crippen LogP contribution in [0.25, 0.3) is 0 Å². The van der Waals surface area contributed by atoms with Gasteiger partial charge in [-0.15, -0.1) is 0 Å². The van der Waals surface area contributed by atoms with Gasteiger partial charge in [-0.25, -0.2) is 0 Å². The highest BCUT2D eigenvalue weighted by molar-refractivity contribution is 5.28. The van der Waals surface area contributed by atoms with Crippen LogP contribution in [0.3, 0.4) is 0 Å². The summed E-state index contributed by atoms with van der Waals surface area (Å²) in [5, 5.41) is 3.55. The summed E-state index contributed by atoms with van der Waals surface area (Å²) in [5.74, 6) is 2.38. The smallest absolute Gasteiger partial charge is 0.119 e. The quantitative estimate of drug-likeness (QED) is 0.761. The van der Waals surface area contributed by atoms with Gasteiger partial charge in [-0.1, -0.05) is 39.3 Å². The summed E-state index contributed by atoms with van der Waals surface area (Å²) in [5.41, 5.74) is 1.37. The molecule has 0 aromatic heterocycles. The lowest BCUT2D eigenvalue weighted by Gasteiger charge is -2.17. The topological polar surface area (TPSA) is 21.3 Å². The average Bonchev–Trinajstić information content (AvgIpc) is 2.37. The fraction of sp³-hybridized carbons (Fsp3) is 0.625. The molecule has 0 aliphatic heterocycles. The van der Waals surface area contributed by atoms with E-state index < -0.39 is 0 Å². The Morgan fingerprint density at radius 3 is 2.61 bits per heavy atom. The van der Waals surface area contributed by atoms with Crippen LogP contribution in [0.4, 0.5) is 0 Å². The lowest BCUT2D eigenvalue weighted by Crippen LogP contribution is -2.27. The zero-order valence-corrected chi connectivity index (χ0v) is 12.2. The second-order valence-corrected chi connectivity index (χ2v) is 5.38. The van der Waals surface area contributed by atoms with Crippen LogP contribution < -0.4 is 10.1 Å². The summed E-state index contributed by atoms with van der Waals surface area (Å²) < 4.78 is 5.27. The summed E-state index contributed by atoms with van der Waals surface area (Å²) >= 11 is 0. The van der Waals surface area contributed by atoms with Crippen molar-refractivity contribution in [1.82, 2.24) is 5.32 Å². The molecule has 1 aromatic rings. The van der Waals surface area contributed by atoms with Crippen LogP contribution in [0, 0.1) is 11.8 Å². The van der Waals surface area contributed by atoms with Crippen molar-refractivity contribution in [3.8, 4) is 5.75 Å². The second kappa shape index (κ2) is 8.15. The predicted octanol–water partition coefficient (Wildman–Crippen LogP) is 3.51. The van der Waals surface area contributed by atoms with E-state index in [1.807, 2.05) is 6.07 Å². The SMILES string of the molecule is CCC(CNCC(C)C)Cc1cccc(OC)c1. The van der Waals surface area contributed by atoms with Crippen molar-refractivity contribution in [3.63, 3.8) is 0 Å². The van der Waals surface area contributed by atoms with E-state index in [1.54, 1.807) is 7.11 Å². The lowest BCUT2D eigenvalue weighted by molar-refractivity contribution is 0.411. The largest absolute Gasteiger partial charge is 0.497 e. The Labute approximate surface area is 112 Å². The molecule has 2 nitrogen and oxygen atoms in total. The first-order valence-corrected chi connectivity index (χ1v) is 6.99. The van der Waals surface area contributed by atoms with Gasteiger partial charge in [0.05, 0.1) is 7.11 Å². The van der Waals surface area contributed by atoms with E-state index in [4.69, 9.17) is 4.74 Å². The van der Waals surface area contributed by atoms with Gasteiger partial charge in [0.15, 0.2) is 0 Å². The lowest BCUT2D eigenvalue weighted by atomic mass is 9.96. The molecule has 102 valence electrons. The maximum atomic E-state index is 5.27. The minimum Gasteiger partial charge on any atom is -0.497 e. The predicted molar refractivity (Wildman–Crippen MR) is 78.2 cm³/mol. The van der Waals surface area contributed by atoms with Gasteiger partial charge in [0.25, 0.3) is 0 Å². The van der Waals surface area contributed by atoms with E-state index in [2.05, 4.69) is 44.3 Å². The first kappa shape index (κ1) is 15.0. The third kappa shape index (κ3) is 5.54. The first-order valence-electron chi connectivity index (χ1n) is 6.99. The molecule has 0 amide bonds. The van der Waals surface area contributed by atoms with E-state index in [1.165, 1.54) is 12.0 Å². The third-order valence-electron chi connectivity index (χ3n) is 3.22. The number of ether oxygens (including phenoxy) is 1. The van der Waals surface area contributed by atoms with Crippen LogP contribution in [0.15, 0.2) is 24.3 Å². The molecule has 1 aromatic carbocycles. The number of nitrogens with one attached hydrogen (secondary N) is 1. The molecule has 0 saturated heterocycles. The molecule has 0 fully saturated rings. The molecule has 1 atom stereocenters. The average molecular weight is 249 g/mol. The van der Waals surface area contributed by atoms with E-state index in [0.717, 1.165) is 31.2 Å². The zero-order valence-electron chi connectivity index (χ0n) is 12.2. The highest BCUT2D eigenvalue weighted by Crippen LogP contribution is 2.17. The van der Waals surface area contributed by atoms with Gasteiger partial charge in [0.2, 0.25) is 0 Å². The summed E-state index contributed by atoms with van der Waals surface area (Å²) in [7, 11) is 1.72. The van der Waals surface area contributed by atoms with Gasteiger partial charge in [-0.05, 0) is 49.0 Å². The Kier molecular flexibility index (Phi) is 6.81. The summed E-state index contributed by atoms with van der Waals surface area (Å²) in [6, 6.07) is 8.41. The van der Waals surface area contributed by atoms with Gasteiger partial charge in [-0.3, -0.25) is 0 Å². The van der Waals surface area contributed by atoms with Crippen molar-refractivity contribution in [2.75, 3.05) is 20.2 Å². The maximum Gasteiger partial charge on any atom is 0.119 e. The van der Waals surface area contributed by atoms with Crippen molar-refractivity contribution >= 4 is 0 Å². The molecule has 0 spiro atoms. The molecule has 1 N–H and O–H groups in total. The standard InChI is InChI=1S/C16H27NO/c1-5-14(12-17-11-13(2)3)9-15-7-6-8-16(10-15)18-4/h6-8,10,13-14,17H,5,9,11-12H2,1-4H3. The Morgan fingerprint density at radius 1 is 1.22 bits per heavy atom. The first-order chi connectivity index (χ1) is 8.65. The molecular formula is C16H27NO. The van der Waals surface area contributed by atoms with Crippen LogP contribution in [0.1, 0.15) is 32.8 Å². The molecule has 2 heteroatoms. The van der Waals surface area contributed by atoms with Crippen LogP contribution in [-0.4, -0.2) is 20.2 Å². The fourth-order valence-electron chi connectivity index (χ4n) is 2.07. The van der Waals surface area contributed by atoms with Gasteiger partial charge >= 0.3 is 0 Å². The van der Waals surface area contributed by atoms with Crippen LogP contribution >= 0.6 is 0 Å². The van der Waals surface area contributed by atoms with Crippen molar-refractivity contribution in [3.05, 3.63) is 29.8 Å². The molecule has 1 rings (SSSR count). The third-order valence-corrected chi connectivity index (χ3v) is 3.22. The number of rotatable bonds is 8. The van der Waals surface area contributed by atoms with E-state index >= 15 is 0 Å². The Balaban J connectivity index is 2.46. The monoisotopic (exact) mass is 249 g/mol. The fourth-order valence-corrected chi connectivity index (χ4v) is 2.07. The molecule has 0 aliphatic carbocycles. The van der Waals surface area contributed by atoms with Crippen LogP contribution in [0.5, 0.6) is 5.75 Å². The number of hydrogen-bond donors (Lipinski definition) is 1. The molecule has 1 unspecified atom stereocenters. The second-order valence-electron chi connectivity index (χ2n) is 5.38. The van der Waals surface area contributed by atoms with E-state index in [0.29, 0.717) is 5.92 Å². The molecule has 0 heterocycles. The van der Waals surface area contributed by atoms with Crippen molar-refractivity contribution < 1.29 is 4.74 Å². The molecule has 18 heavy (non-hydrogen) atoms. The number of methoxy groups -OCH3 is 1. The molecule has 0 aliphatic rings. The summed E-state index contributed by atoms with van der Waals surface area (Å²) in [4.78, 5) is 0. The zero-order chi connectivity index (χ0) is 13.4. The van der Waals surface area contributed by atoms with Gasteiger partial charge < -0.3 is 10.1 Å². The van der Waals surface area contributed by atoms with Gasteiger partial charge in [0.1, 0.15) is 5.75 Å². The minimum atomic E-state index is 0.704. The van der Waals surface area contributed by atoms with Crippen molar-refractivity contribution in [2.45, 2.75) is 33.6 Å². The molecular weight excluding hydrogens is 222 g/mol.